The van der Waals surface area contributed by atoms with Gasteiger partial charge in [0.2, 0.25) is 0 Å². The van der Waals surface area contributed by atoms with Crippen molar-refractivity contribution in [3.63, 3.8) is 0 Å². The highest BCUT2D eigenvalue weighted by molar-refractivity contribution is 5.69. The first-order chi connectivity index (χ1) is 12.3. The number of hydrogen-bond acceptors (Lipinski definition) is 2. The molecule has 0 amide bonds. The Bertz CT molecular complexity index is 296. The molecule has 0 saturated heterocycles. The molecule has 0 fully saturated rings. The van der Waals surface area contributed by atoms with Gasteiger partial charge in [-0.25, -0.2) is 0 Å². The standard InChI is InChI=1S/C23H44O2/c1-3-5-7-8-9-10-11-12-13-14-15-16-17-18-19-21-23(24)25-22-20-6-4-2/h12-13H,3-11,14-22H2,1-2H3/b13-12+. The number of hydrogen-bond donors (Lipinski definition) is 0. The van der Waals surface area contributed by atoms with Crippen molar-refractivity contribution < 1.29 is 9.53 Å². The Morgan fingerprint density at radius 1 is 0.640 bits per heavy atom. The number of rotatable bonds is 19. The highest BCUT2D eigenvalue weighted by atomic mass is 16.5. The zero-order chi connectivity index (χ0) is 18.4. The zero-order valence-corrected chi connectivity index (χ0v) is 17.2. The summed E-state index contributed by atoms with van der Waals surface area (Å²) in [6.07, 6.45) is 25.4. The lowest BCUT2D eigenvalue weighted by Crippen LogP contribution is -2.05. The summed E-state index contributed by atoms with van der Waals surface area (Å²) < 4.78 is 5.22. The van der Waals surface area contributed by atoms with E-state index < -0.39 is 0 Å². The Balaban J connectivity index is 3.17. The van der Waals surface area contributed by atoms with E-state index in [0.717, 1.165) is 25.7 Å². The molecule has 0 aromatic rings. The third-order valence-corrected chi connectivity index (χ3v) is 4.65. The van der Waals surface area contributed by atoms with Crippen LogP contribution >= 0.6 is 0 Å². The maximum absolute atomic E-state index is 11.5. The molecular formula is C23H44O2. The molecule has 2 heteroatoms. The molecule has 0 N–H and O–H groups in total. The molecule has 0 rings (SSSR count). The average Bonchev–Trinajstić information content (AvgIpc) is 2.62. The molecule has 0 heterocycles. The topological polar surface area (TPSA) is 26.3 Å². The van der Waals surface area contributed by atoms with E-state index in [0.29, 0.717) is 13.0 Å². The number of esters is 1. The van der Waals surface area contributed by atoms with E-state index in [9.17, 15) is 4.79 Å². The average molecular weight is 353 g/mol. The summed E-state index contributed by atoms with van der Waals surface area (Å²) in [5, 5.41) is 0. The van der Waals surface area contributed by atoms with Crippen molar-refractivity contribution in [1.29, 1.82) is 0 Å². The van der Waals surface area contributed by atoms with Crippen molar-refractivity contribution in [2.24, 2.45) is 0 Å². The van der Waals surface area contributed by atoms with Crippen LogP contribution in [0.3, 0.4) is 0 Å². The van der Waals surface area contributed by atoms with Crippen molar-refractivity contribution in [3.05, 3.63) is 12.2 Å². The van der Waals surface area contributed by atoms with Crippen molar-refractivity contribution in [2.75, 3.05) is 6.61 Å². The molecule has 0 spiro atoms. The van der Waals surface area contributed by atoms with E-state index in [1.165, 1.54) is 77.0 Å². The molecule has 0 aliphatic carbocycles. The van der Waals surface area contributed by atoms with Crippen molar-refractivity contribution in [2.45, 2.75) is 123 Å². The minimum absolute atomic E-state index is 0.00581. The number of carbonyl (C=O) groups is 1. The fourth-order valence-electron chi connectivity index (χ4n) is 2.95. The summed E-state index contributed by atoms with van der Waals surface area (Å²) in [7, 11) is 0. The second kappa shape index (κ2) is 21.3. The summed E-state index contributed by atoms with van der Waals surface area (Å²) in [5.41, 5.74) is 0. The molecule has 0 aliphatic heterocycles. The second-order valence-electron chi connectivity index (χ2n) is 7.26. The lowest BCUT2D eigenvalue weighted by Gasteiger charge is -2.04. The van der Waals surface area contributed by atoms with E-state index in [4.69, 9.17) is 4.74 Å². The Hall–Kier alpha value is -0.790. The number of unbranched alkanes of at least 4 members (excludes halogenated alkanes) is 13. The van der Waals surface area contributed by atoms with Gasteiger partial charge in [-0.15, -0.1) is 0 Å². The van der Waals surface area contributed by atoms with Crippen LogP contribution in [0, 0.1) is 0 Å². The summed E-state index contributed by atoms with van der Waals surface area (Å²) in [6.45, 7) is 5.04. The summed E-state index contributed by atoms with van der Waals surface area (Å²) in [4.78, 5) is 11.5. The highest BCUT2D eigenvalue weighted by Crippen LogP contribution is 2.10. The summed E-state index contributed by atoms with van der Waals surface area (Å²) in [6, 6.07) is 0. The van der Waals surface area contributed by atoms with Crippen molar-refractivity contribution in [3.8, 4) is 0 Å². The van der Waals surface area contributed by atoms with Crippen molar-refractivity contribution >= 4 is 5.97 Å². The lowest BCUT2D eigenvalue weighted by molar-refractivity contribution is -0.143. The minimum atomic E-state index is -0.00581. The first-order valence-corrected chi connectivity index (χ1v) is 11.1. The molecule has 0 aliphatic rings. The molecule has 0 radical (unpaired) electrons. The summed E-state index contributed by atoms with van der Waals surface area (Å²) in [5.74, 6) is -0.00581. The molecule has 0 unspecified atom stereocenters. The van der Waals surface area contributed by atoms with E-state index in [1.54, 1.807) is 0 Å². The molecule has 0 aromatic carbocycles. The monoisotopic (exact) mass is 352 g/mol. The van der Waals surface area contributed by atoms with Crippen LogP contribution in [0.1, 0.15) is 123 Å². The molecule has 0 aromatic heterocycles. The normalized spacial score (nSPS) is 11.3. The molecule has 2 nitrogen and oxygen atoms in total. The van der Waals surface area contributed by atoms with Gasteiger partial charge >= 0.3 is 5.97 Å². The van der Waals surface area contributed by atoms with Crippen LogP contribution < -0.4 is 0 Å². The van der Waals surface area contributed by atoms with Gasteiger partial charge in [-0.3, -0.25) is 4.79 Å². The molecule has 0 bridgehead atoms. The van der Waals surface area contributed by atoms with Gasteiger partial charge in [0.05, 0.1) is 6.61 Å². The van der Waals surface area contributed by atoms with Gasteiger partial charge in [0.15, 0.2) is 0 Å². The SMILES string of the molecule is CCCCCCCC/C=C/CCCCCCCC(=O)OCCCCC. The van der Waals surface area contributed by atoms with E-state index >= 15 is 0 Å². The largest absolute Gasteiger partial charge is 0.466 e. The Morgan fingerprint density at radius 2 is 1.12 bits per heavy atom. The third-order valence-electron chi connectivity index (χ3n) is 4.65. The maximum atomic E-state index is 11.5. The predicted octanol–water partition coefficient (Wildman–Crippen LogP) is 7.76. The molecular weight excluding hydrogens is 308 g/mol. The van der Waals surface area contributed by atoms with Gasteiger partial charge in [-0.1, -0.05) is 90.2 Å². The van der Waals surface area contributed by atoms with Gasteiger partial charge < -0.3 is 4.74 Å². The maximum Gasteiger partial charge on any atom is 0.305 e. The Labute approximate surface area is 157 Å². The van der Waals surface area contributed by atoms with Crippen LogP contribution in [0.15, 0.2) is 12.2 Å². The minimum Gasteiger partial charge on any atom is -0.466 e. The summed E-state index contributed by atoms with van der Waals surface area (Å²) >= 11 is 0. The van der Waals surface area contributed by atoms with Crippen LogP contribution in [0.4, 0.5) is 0 Å². The van der Waals surface area contributed by atoms with Gasteiger partial charge in [0.25, 0.3) is 0 Å². The fourth-order valence-corrected chi connectivity index (χ4v) is 2.95. The highest BCUT2D eigenvalue weighted by Gasteiger charge is 2.01. The third kappa shape index (κ3) is 21.2. The molecule has 0 atom stereocenters. The van der Waals surface area contributed by atoms with Crippen molar-refractivity contribution in [1.82, 2.24) is 0 Å². The predicted molar refractivity (Wildman–Crippen MR) is 110 cm³/mol. The quantitative estimate of drug-likeness (QED) is 0.135. The van der Waals surface area contributed by atoms with Crippen LogP contribution in [0.5, 0.6) is 0 Å². The first-order valence-electron chi connectivity index (χ1n) is 11.1. The van der Waals surface area contributed by atoms with Crippen LogP contribution in [-0.2, 0) is 9.53 Å². The fraction of sp³-hybridized carbons (Fsp3) is 0.870. The van der Waals surface area contributed by atoms with Crippen LogP contribution in [0.25, 0.3) is 0 Å². The molecule has 0 saturated carbocycles. The molecule has 148 valence electrons. The van der Waals surface area contributed by atoms with Crippen LogP contribution in [-0.4, -0.2) is 12.6 Å². The Morgan fingerprint density at radius 3 is 1.72 bits per heavy atom. The number of carbonyl (C=O) groups excluding carboxylic acids is 1. The number of allylic oxidation sites excluding steroid dienone is 2. The van der Waals surface area contributed by atoms with E-state index in [2.05, 4.69) is 26.0 Å². The Kier molecular flexibility index (Phi) is 20.6. The number of ether oxygens (including phenoxy) is 1. The second-order valence-corrected chi connectivity index (χ2v) is 7.26. The van der Waals surface area contributed by atoms with Gasteiger partial charge in [0.1, 0.15) is 0 Å². The van der Waals surface area contributed by atoms with Gasteiger partial charge in [0, 0.05) is 6.42 Å². The van der Waals surface area contributed by atoms with Gasteiger partial charge in [-0.05, 0) is 38.5 Å². The smallest absolute Gasteiger partial charge is 0.305 e. The zero-order valence-electron chi connectivity index (χ0n) is 17.2. The van der Waals surface area contributed by atoms with Crippen LogP contribution in [0.2, 0.25) is 0 Å². The van der Waals surface area contributed by atoms with Gasteiger partial charge in [-0.2, -0.15) is 0 Å². The van der Waals surface area contributed by atoms with E-state index in [1.807, 2.05) is 0 Å². The van der Waals surface area contributed by atoms with E-state index in [-0.39, 0.29) is 5.97 Å². The lowest BCUT2D eigenvalue weighted by atomic mass is 10.1. The first kappa shape index (κ1) is 24.2. The molecule has 25 heavy (non-hydrogen) atoms.